The lowest BCUT2D eigenvalue weighted by atomic mass is 10.1. The number of aromatic nitrogens is 1. The number of hydrogen-bond donors (Lipinski definition) is 0. The van der Waals surface area contributed by atoms with E-state index in [4.69, 9.17) is 16.3 Å². The molecule has 3 aromatic rings. The predicted octanol–water partition coefficient (Wildman–Crippen LogP) is 4.60. The van der Waals surface area contributed by atoms with Gasteiger partial charge in [0.15, 0.2) is 0 Å². The third-order valence-electron chi connectivity index (χ3n) is 5.15. The van der Waals surface area contributed by atoms with Gasteiger partial charge in [0, 0.05) is 37.1 Å². The number of halogens is 2. The fraction of sp³-hybridized carbons (Fsp3) is 0.261. The molecule has 4 rings (SSSR count). The van der Waals surface area contributed by atoms with E-state index < -0.39 is 5.82 Å². The minimum absolute atomic E-state index is 0.0813. The van der Waals surface area contributed by atoms with Crippen molar-refractivity contribution >= 4 is 34.8 Å². The van der Waals surface area contributed by atoms with E-state index >= 15 is 0 Å². The Balaban J connectivity index is 1.38. The molecule has 1 fully saturated rings. The van der Waals surface area contributed by atoms with Gasteiger partial charge in [0.05, 0.1) is 17.2 Å². The van der Waals surface area contributed by atoms with E-state index in [1.807, 2.05) is 31.2 Å². The van der Waals surface area contributed by atoms with E-state index in [1.54, 1.807) is 15.2 Å². The van der Waals surface area contributed by atoms with Crippen molar-refractivity contribution in [2.45, 2.75) is 6.92 Å². The van der Waals surface area contributed by atoms with Crippen LogP contribution in [0, 0.1) is 5.82 Å². The summed E-state index contributed by atoms with van der Waals surface area (Å²) in [5, 5.41) is 2.60. The van der Waals surface area contributed by atoms with Gasteiger partial charge in [-0.1, -0.05) is 11.6 Å². The van der Waals surface area contributed by atoms with Crippen molar-refractivity contribution in [1.29, 1.82) is 0 Å². The second kappa shape index (κ2) is 9.67. The smallest absolute Gasteiger partial charge is 0.273 e. The quantitative estimate of drug-likeness (QED) is 0.543. The molecule has 0 aliphatic carbocycles. The number of hydrogen-bond acceptors (Lipinski definition) is 5. The van der Waals surface area contributed by atoms with Gasteiger partial charge in [0.1, 0.15) is 22.3 Å². The minimum atomic E-state index is -0.491. The molecular weight excluding hydrogens is 453 g/mol. The molecule has 166 valence electrons. The summed E-state index contributed by atoms with van der Waals surface area (Å²) in [7, 11) is 0. The topological polar surface area (TPSA) is 62.7 Å². The Morgan fingerprint density at radius 2 is 1.72 bits per heavy atom. The van der Waals surface area contributed by atoms with Crippen molar-refractivity contribution in [3.8, 4) is 16.3 Å². The maximum atomic E-state index is 13.2. The van der Waals surface area contributed by atoms with Crippen LogP contribution in [0.2, 0.25) is 5.02 Å². The van der Waals surface area contributed by atoms with Gasteiger partial charge in [-0.2, -0.15) is 0 Å². The Kier molecular flexibility index (Phi) is 6.72. The van der Waals surface area contributed by atoms with Crippen molar-refractivity contribution in [2.75, 3.05) is 32.8 Å². The molecule has 1 aliphatic rings. The monoisotopic (exact) mass is 473 g/mol. The molecule has 1 aliphatic heterocycles. The van der Waals surface area contributed by atoms with Crippen LogP contribution in [0.15, 0.2) is 47.8 Å². The van der Waals surface area contributed by atoms with Crippen molar-refractivity contribution in [2.24, 2.45) is 0 Å². The number of carbonyl (C=O) groups is 2. The average Bonchev–Trinajstić information content (AvgIpc) is 3.29. The summed E-state index contributed by atoms with van der Waals surface area (Å²) in [4.78, 5) is 33.4. The van der Waals surface area contributed by atoms with E-state index in [1.165, 1.54) is 23.5 Å². The molecule has 0 radical (unpaired) electrons. The zero-order chi connectivity index (χ0) is 22.7. The lowest BCUT2D eigenvalue weighted by molar-refractivity contribution is 0.0533. The number of thiazole rings is 1. The van der Waals surface area contributed by atoms with Gasteiger partial charge < -0.3 is 14.5 Å². The maximum Gasteiger partial charge on any atom is 0.273 e. The largest absolute Gasteiger partial charge is 0.494 e. The van der Waals surface area contributed by atoms with Crippen molar-refractivity contribution in [1.82, 2.24) is 14.8 Å². The third kappa shape index (κ3) is 4.76. The molecule has 2 aromatic carbocycles. The van der Waals surface area contributed by atoms with Crippen LogP contribution >= 0.6 is 22.9 Å². The van der Waals surface area contributed by atoms with Crippen molar-refractivity contribution < 1.29 is 18.7 Å². The second-order valence-corrected chi connectivity index (χ2v) is 8.47. The van der Waals surface area contributed by atoms with Crippen LogP contribution in [0.25, 0.3) is 10.6 Å². The first kappa shape index (κ1) is 22.2. The lowest BCUT2D eigenvalue weighted by Gasteiger charge is -2.34. The van der Waals surface area contributed by atoms with Gasteiger partial charge >= 0.3 is 0 Å². The normalized spacial score (nSPS) is 13.8. The summed E-state index contributed by atoms with van der Waals surface area (Å²) in [5.74, 6) is -0.132. The molecule has 0 saturated carbocycles. The summed E-state index contributed by atoms with van der Waals surface area (Å²) in [6.45, 7) is 4.05. The van der Waals surface area contributed by atoms with Crippen LogP contribution in [0.5, 0.6) is 5.75 Å². The van der Waals surface area contributed by atoms with Gasteiger partial charge in [-0.25, -0.2) is 9.37 Å². The number of benzene rings is 2. The van der Waals surface area contributed by atoms with Gasteiger partial charge in [-0.05, 0) is 49.4 Å². The highest BCUT2D eigenvalue weighted by atomic mass is 35.5. The lowest BCUT2D eigenvalue weighted by Crippen LogP contribution is -2.50. The minimum Gasteiger partial charge on any atom is -0.494 e. The molecule has 0 unspecified atom stereocenters. The zero-order valence-electron chi connectivity index (χ0n) is 17.4. The second-order valence-electron chi connectivity index (χ2n) is 7.20. The Morgan fingerprint density at radius 3 is 2.34 bits per heavy atom. The van der Waals surface area contributed by atoms with E-state index in [9.17, 15) is 14.0 Å². The van der Waals surface area contributed by atoms with Crippen molar-refractivity contribution in [3.05, 3.63) is 69.9 Å². The zero-order valence-corrected chi connectivity index (χ0v) is 19.0. The molecule has 2 heterocycles. The van der Waals surface area contributed by atoms with Crippen LogP contribution in [0.3, 0.4) is 0 Å². The van der Waals surface area contributed by atoms with Crippen molar-refractivity contribution in [3.63, 3.8) is 0 Å². The average molecular weight is 474 g/mol. The van der Waals surface area contributed by atoms with Gasteiger partial charge in [0.25, 0.3) is 11.8 Å². The molecule has 9 heteroatoms. The van der Waals surface area contributed by atoms with Crippen LogP contribution < -0.4 is 4.74 Å². The van der Waals surface area contributed by atoms with E-state index in [2.05, 4.69) is 4.98 Å². The molecule has 0 bridgehead atoms. The van der Waals surface area contributed by atoms with Gasteiger partial charge in [0.2, 0.25) is 0 Å². The van der Waals surface area contributed by atoms with E-state index in [0.717, 1.165) is 22.4 Å². The third-order valence-corrected chi connectivity index (χ3v) is 6.36. The fourth-order valence-electron chi connectivity index (χ4n) is 3.47. The molecular formula is C23H21ClFN3O3S. The maximum absolute atomic E-state index is 13.2. The molecule has 2 amide bonds. The number of nitrogens with zero attached hydrogens (tertiary/aromatic N) is 3. The summed E-state index contributed by atoms with van der Waals surface area (Å²) < 4.78 is 18.7. The fourth-order valence-corrected chi connectivity index (χ4v) is 4.52. The number of piperazine rings is 1. The summed E-state index contributed by atoms with van der Waals surface area (Å²) in [6.07, 6.45) is 0. The number of ether oxygens (including phenoxy) is 1. The Morgan fingerprint density at radius 1 is 1.06 bits per heavy atom. The molecule has 1 saturated heterocycles. The van der Waals surface area contributed by atoms with Crippen LogP contribution in [-0.4, -0.2) is 59.4 Å². The Hall–Kier alpha value is -2.97. The Bertz CT molecular complexity index is 1130. The summed E-state index contributed by atoms with van der Waals surface area (Å²) in [6, 6.07) is 11.3. The standard InChI is InChI=1S/C23H21ClFN3O3S/c1-2-31-17-6-3-15(4-7-17)21-26-20(14-32-21)23(30)28-11-9-27(10-12-28)22(29)18-8-5-16(25)13-19(18)24/h3-8,13-14H,2,9-12H2,1H3. The van der Waals surface area contributed by atoms with Crippen LogP contribution in [0.1, 0.15) is 27.8 Å². The number of carbonyl (C=O) groups excluding carboxylic acids is 2. The highest BCUT2D eigenvalue weighted by Crippen LogP contribution is 2.27. The SMILES string of the molecule is CCOc1ccc(-c2nc(C(=O)N3CCN(C(=O)c4ccc(F)cc4Cl)CC3)cs2)cc1. The number of amides is 2. The van der Waals surface area contributed by atoms with E-state index in [-0.39, 0.29) is 22.4 Å². The first-order chi connectivity index (χ1) is 15.5. The van der Waals surface area contributed by atoms with Gasteiger partial charge in [-0.15, -0.1) is 11.3 Å². The van der Waals surface area contributed by atoms with E-state index in [0.29, 0.717) is 38.5 Å². The van der Waals surface area contributed by atoms with Crippen LogP contribution in [0.4, 0.5) is 4.39 Å². The van der Waals surface area contributed by atoms with Gasteiger partial charge in [-0.3, -0.25) is 9.59 Å². The van der Waals surface area contributed by atoms with Crippen LogP contribution in [-0.2, 0) is 0 Å². The summed E-state index contributed by atoms with van der Waals surface area (Å²) >= 11 is 7.42. The highest BCUT2D eigenvalue weighted by Gasteiger charge is 2.27. The predicted molar refractivity (Wildman–Crippen MR) is 122 cm³/mol. The highest BCUT2D eigenvalue weighted by molar-refractivity contribution is 7.13. The molecule has 32 heavy (non-hydrogen) atoms. The first-order valence-electron chi connectivity index (χ1n) is 10.2. The number of rotatable bonds is 5. The first-order valence-corrected chi connectivity index (χ1v) is 11.4. The Labute approximate surface area is 194 Å². The molecule has 0 N–H and O–H groups in total. The summed E-state index contributed by atoms with van der Waals surface area (Å²) in [5.41, 5.74) is 1.57. The molecule has 0 spiro atoms. The molecule has 1 aromatic heterocycles. The molecule has 6 nitrogen and oxygen atoms in total. The molecule has 0 atom stereocenters.